The molecule has 0 bridgehead atoms. The zero-order valence-corrected chi connectivity index (χ0v) is 8.33. The van der Waals surface area contributed by atoms with Gasteiger partial charge >= 0.3 is 5.97 Å². The van der Waals surface area contributed by atoms with Gasteiger partial charge in [0, 0.05) is 6.42 Å². The van der Waals surface area contributed by atoms with Crippen LogP contribution in [0.25, 0.3) is 0 Å². The monoisotopic (exact) mass is 204 g/mol. The summed E-state index contributed by atoms with van der Waals surface area (Å²) in [6.07, 6.45) is 0.992. The first-order valence-electron chi connectivity index (χ1n) is 4.44. The molecule has 4 heteroatoms. The average molecular weight is 204 g/mol. The van der Waals surface area contributed by atoms with E-state index in [0.29, 0.717) is 19.4 Å². The third-order valence-electron chi connectivity index (χ3n) is 2.08. The Morgan fingerprint density at radius 2 is 2.29 bits per heavy atom. The largest absolute Gasteiger partial charge is 0.469 e. The maximum absolute atomic E-state index is 10.9. The van der Waals surface area contributed by atoms with Crippen LogP contribution in [0.1, 0.15) is 34.1 Å². The van der Waals surface area contributed by atoms with E-state index < -0.39 is 5.79 Å². The summed E-state index contributed by atoms with van der Waals surface area (Å²) in [6.45, 7) is 4.39. The number of rotatable bonds is 3. The molecule has 0 aromatic heterocycles. The summed E-state index contributed by atoms with van der Waals surface area (Å²) in [6, 6.07) is 0. The van der Waals surface area contributed by atoms with Crippen LogP contribution in [0.2, 0.25) is 0 Å². The topological polar surface area (TPSA) is 44.8 Å². The van der Waals surface area contributed by atoms with Gasteiger partial charge in [-0.25, -0.2) is 0 Å². The van der Waals surface area contributed by atoms with E-state index in [1.807, 2.05) is 13.8 Å². The average Bonchev–Trinajstić information content (AvgIpc) is 2.43. The van der Waals surface area contributed by atoms with Gasteiger partial charge < -0.3 is 14.2 Å². The van der Waals surface area contributed by atoms with Crippen molar-refractivity contribution in [1.82, 2.24) is 0 Å². The van der Waals surface area contributed by atoms with E-state index in [1.165, 1.54) is 7.11 Å². The molecule has 1 rings (SSSR count). The van der Waals surface area contributed by atoms with Crippen molar-refractivity contribution in [3.63, 3.8) is 0 Å². The number of esters is 1. The second-order valence-electron chi connectivity index (χ2n) is 3.45. The minimum Gasteiger partial charge on any atom is -0.469 e. The predicted octanol–water partition coefficient (Wildman–Crippen LogP) is 1.73. The van der Waals surface area contributed by atoms with Crippen molar-refractivity contribution < 1.29 is 19.0 Å². The predicted molar refractivity (Wildman–Crippen MR) is 52.9 cm³/mol. The van der Waals surface area contributed by atoms with Gasteiger partial charge in [-0.3, -0.25) is 4.79 Å². The zero-order valence-electron chi connectivity index (χ0n) is 8.33. The van der Waals surface area contributed by atoms with E-state index >= 15 is 0 Å². The van der Waals surface area contributed by atoms with Crippen molar-refractivity contribution in [3.05, 3.63) is 0 Å². The number of hydrogen-bond acceptors (Lipinski definition) is 4. The number of carbonyl (C=O) groups excluding carboxylic acids is 1. The molecule has 2 atom stereocenters. The highest BCUT2D eigenvalue weighted by Crippen LogP contribution is 2.27. The van der Waals surface area contributed by atoms with Gasteiger partial charge in [-0.15, -0.1) is 0 Å². The van der Waals surface area contributed by atoms with Gasteiger partial charge in [-0.05, 0) is 13.8 Å². The summed E-state index contributed by atoms with van der Waals surface area (Å²) >= 11 is 0. The quantitative estimate of drug-likeness (QED) is 0.657. The van der Waals surface area contributed by atoms with Gasteiger partial charge in [-0.2, -0.15) is 0 Å². The highest BCUT2D eigenvalue weighted by atomic mass is 16.7. The van der Waals surface area contributed by atoms with Crippen LogP contribution in [0.5, 0.6) is 0 Å². The minimum atomic E-state index is -0.604. The van der Waals surface area contributed by atoms with Crippen molar-refractivity contribution in [2.45, 2.75) is 46.0 Å². The van der Waals surface area contributed by atoms with Gasteiger partial charge in [-0.1, -0.05) is 7.43 Å². The summed E-state index contributed by atoms with van der Waals surface area (Å²) in [5, 5.41) is 0. The zero-order chi connectivity index (χ0) is 9.90. The van der Waals surface area contributed by atoms with Gasteiger partial charge in [0.1, 0.15) is 0 Å². The number of methoxy groups -OCH3 is 1. The van der Waals surface area contributed by atoms with Crippen LogP contribution >= 0.6 is 0 Å². The molecular formula is C10H20O4. The number of carbonyl (C=O) groups is 1. The van der Waals surface area contributed by atoms with Gasteiger partial charge in [0.2, 0.25) is 0 Å². The minimum absolute atomic E-state index is 0. The first kappa shape index (κ1) is 13.4. The lowest BCUT2D eigenvalue weighted by Gasteiger charge is -2.21. The molecule has 1 fully saturated rings. The first-order valence-corrected chi connectivity index (χ1v) is 4.44. The van der Waals surface area contributed by atoms with Crippen LogP contribution in [-0.2, 0) is 19.0 Å². The summed E-state index contributed by atoms with van der Waals surface area (Å²) in [5.74, 6) is -0.832. The van der Waals surface area contributed by atoms with Gasteiger partial charge in [0.25, 0.3) is 0 Å². The van der Waals surface area contributed by atoms with E-state index in [2.05, 4.69) is 4.74 Å². The second kappa shape index (κ2) is 5.32. The fourth-order valence-electron chi connectivity index (χ4n) is 1.35. The summed E-state index contributed by atoms with van der Waals surface area (Å²) in [4.78, 5) is 10.9. The standard InChI is InChI=1S/C9H16O4.CH4/c1-7-6-12-9(2,13-7)5-4-8(10)11-3;/h7H,4-6H2,1-3H3;1H4. The lowest BCUT2D eigenvalue weighted by molar-refractivity contribution is -0.165. The highest BCUT2D eigenvalue weighted by molar-refractivity contribution is 5.69. The smallest absolute Gasteiger partial charge is 0.305 e. The Kier molecular flexibility index (Phi) is 5.08. The molecule has 0 aromatic rings. The van der Waals surface area contributed by atoms with E-state index in [4.69, 9.17) is 9.47 Å². The van der Waals surface area contributed by atoms with Gasteiger partial charge in [0.05, 0.1) is 26.2 Å². The molecule has 1 heterocycles. The van der Waals surface area contributed by atoms with Crippen LogP contribution in [0, 0.1) is 0 Å². The van der Waals surface area contributed by atoms with Gasteiger partial charge in [0.15, 0.2) is 5.79 Å². The van der Waals surface area contributed by atoms with Crippen LogP contribution < -0.4 is 0 Å². The van der Waals surface area contributed by atoms with Crippen LogP contribution in [0.15, 0.2) is 0 Å². The first-order chi connectivity index (χ1) is 6.06. The molecule has 1 aliphatic rings. The molecule has 1 saturated heterocycles. The third kappa shape index (κ3) is 3.64. The molecule has 2 unspecified atom stereocenters. The maximum atomic E-state index is 10.9. The second-order valence-corrected chi connectivity index (χ2v) is 3.45. The fraction of sp³-hybridized carbons (Fsp3) is 0.900. The molecule has 4 nitrogen and oxygen atoms in total. The lowest BCUT2D eigenvalue weighted by Crippen LogP contribution is -2.27. The van der Waals surface area contributed by atoms with Crippen molar-refractivity contribution >= 4 is 5.97 Å². The van der Waals surface area contributed by atoms with E-state index in [-0.39, 0.29) is 19.5 Å². The molecule has 1 aliphatic heterocycles. The van der Waals surface area contributed by atoms with E-state index in [0.717, 1.165) is 0 Å². The van der Waals surface area contributed by atoms with Crippen molar-refractivity contribution in [2.24, 2.45) is 0 Å². The molecule has 0 amide bonds. The van der Waals surface area contributed by atoms with Crippen molar-refractivity contribution in [1.29, 1.82) is 0 Å². The molecule has 14 heavy (non-hydrogen) atoms. The van der Waals surface area contributed by atoms with E-state index in [9.17, 15) is 4.79 Å². The Morgan fingerprint density at radius 1 is 1.64 bits per heavy atom. The highest BCUT2D eigenvalue weighted by Gasteiger charge is 2.35. The summed E-state index contributed by atoms with van der Waals surface area (Å²) < 4.78 is 15.5. The lowest BCUT2D eigenvalue weighted by atomic mass is 10.2. The molecular weight excluding hydrogens is 184 g/mol. The van der Waals surface area contributed by atoms with Crippen LogP contribution in [0.3, 0.4) is 0 Å². The Labute approximate surface area is 85.5 Å². The molecule has 0 aliphatic carbocycles. The molecule has 84 valence electrons. The maximum Gasteiger partial charge on any atom is 0.305 e. The van der Waals surface area contributed by atoms with Crippen LogP contribution in [0.4, 0.5) is 0 Å². The van der Waals surface area contributed by atoms with Crippen molar-refractivity contribution in [2.75, 3.05) is 13.7 Å². The third-order valence-corrected chi connectivity index (χ3v) is 2.08. The summed E-state index contributed by atoms with van der Waals surface area (Å²) in [5.41, 5.74) is 0. The SMILES string of the molecule is C.COC(=O)CCC1(C)OCC(C)O1. The summed E-state index contributed by atoms with van der Waals surface area (Å²) in [7, 11) is 1.38. The normalized spacial score (nSPS) is 30.9. The molecule has 0 radical (unpaired) electrons. The number of hydrogen-bond donors (Lipinski definition) is 0. The Bertz CT molecular complexity index is 193. The molecule has 0 N–H and O–H groups in total. The van der Waals surface area contributed by atoms with E-state index in [1.54, 1.807) is 0 Å². The van der Waals surface area contributed by atoms with Crippen molar-refractivity contribution in [3.8, 4) is 0 Å². The fourth-order valence-corrected chi connectivity index (χ4v) is 1.35. The number of ether oxygens (including phenoxy) is 3. The molecule has 0 spiro atoms. The Morgan fingerprint density at radius 3 is 2.71 bits per heavy atom. The van der Waals surface area contributed by atoms with Crippen LogP contribution in [-0.4, -0.2) is 31.6 Å². The Balaban J connectivity index is 0.00000169. The molecule has 0 saturated carbocycles. The Hall–Kier alpha value is -0.610. The molecule has 0 aromatic carbocycles.